The lowest BCUT2D eigenvalue weighted by Crippen LogP contribution is -2.03. The molecule has 1 unspecified atom stereocenters. The highest BCUT2D eigenvalue weighted by Crippen LogP contribution is 1.85. The maximum absolute atomic E-state index is 10.9. The summed E-state index contributed by atoms with van der Waals surface area (Å²) >= 11 is 0. The predicted molar refractivity (Wildman–Crippen MR) is 37.4 cm³/mol. The van der Waals surface area contributed by atoms with Gasteiger partial charge < -0.3 is 0 Å². The van der Waals surface area contributed by atoms with Crippen LogP contribution in [0.5, 0.6) is 0 Å². The van der Waals surface area contributed by atoms with Crippen LogP contribution in [0.15, 0.2) is 0 Å². The molecule has 0 radical (unpaired) electrons. The fraction of sp³-hybridized carbons (Fsp3) is 0.800. The maximum atomic E-state index is 10.9. The van der Waals surface area contributed by atoms with Crippen LogP contribution in [0.1, 0.15) is 13.8 Å². The van der Waals surface area contributed by atoms with Crippen molar-refractivity contribution in [3.63, 3.8) is 0 Å². The lowest BCUT2D eigenvalue weighted by Gasteiger charge is -1.99. The zero-order valence-corrected chi connectivity index (χ0v) is 6.33. The van der Waals surface area contributed by atoms with E-state index in [-0.39, 0.29) is 0 Å². The molecule has 0 aliphatic rings. The van der Waals surface area contributed by atoms with Crippen LogP contribution in [0.2, 0.25) is 0 Å². The van der Waals surface area contributed by atoms with Crippen molar-refractivity contribution in [3.05, 3.63) is 0 Å². The molecule has 0 aliphatic carbocycles. The number of hydrogen-bond donors (Lipinski definition) is 0. The summed E-state index contributed by atoms with van der Waals surface area (Å²) in [5, 5.41) is 1.58. The molecule has 8 heavy (non-hydrogen) atoms. The molecule has 1 atom stereocenters. The average Bonchev–Trinajstić information content (AvgIpc) is 1.67. The third kappa shape index (κ3) is 3.04. The molecule has 0 rings (SSSR count). The van der Waals surface area contributed by atoms with Gasteiger partial charge in [0.25, 0.3) is 0 Å². The Morgan fingerprint density at radius 2 is 2.25 bits per heavy atom. The van der Waals surface area contributed by atoms with E-state index < -0.39 is 9.80 Å². The van der Waals surface area contributed by atoms with E-state index in [4.69, 9.17) is 4.18 Å². The van der Waals surface area contributed by atoms with Crippen LogP contribution < -0.4 is 0 Å². The van der Waals surface area contributed by atoms with Gasteiger partial charge >= 0.3 is 0 Å². The lowest BCUT2D eigenvalue weighted by atomic mass is 10.9. The van der Waals surface area contributed by atoms with Gasteiger partial charge in [-0.1, -0.05) is 0 Å². The van der Waals surface area contributed by atoms with Gasteiger partial charge in [-0.15, -0.1) is 0 Å². The molecule has 0 aromatic heterocycles. The quantitative estimate of drug-likeness (QED) is 0.522. The van der Waals surface area contributed by atoms with Gasteiger partial charge in [-0.3, -0.25) is 4.18 Å². The topological polar surface area (TPSA) is 26.3 Å². The lowest BCUT2D eigenvalue weighted by molar-refractivity contribution is 0.372. The zero-order chi connectivity index (χ0) is 6.62. The fourth-order valence-electron chi connectivity index (χ4n) is 0.302. The first-order valence-electron chi connectivity index (χ1n) is 2.55. The molecule has 2 nitrogen and oxygen atoms in total. The normalized spacial score (nSPS) is 17.4. The summed E-state index contributed by atoms with van der Waals surface area (Å²) in [4.78, 5) is 0. The van der Waals surface area contributed by atoms with Gasteiger partial charge in [-0.25, -0.2) is 4.21 Å². The van der Waals surface area contributed by atoms with Gasteiger partial charge in [0.05, 0.1) is 16.4 Å². The Balaban J connectivity index is 3.96. The molecule has 0 heterocycles. The van der Waals surface area contributed by atoms with Crippen molar-refractivity contribution in [2.45, 2.75) is 13.8 Å². The first kappa shape index (κ1) is 7.98. The summed E-state index contributed by atoms with van der Waals surface area (Å²) in [7, 11) is -2.04. The van der Waals surface area contributed by atoms with Crippen molar-refractivity contribution >= 4 is 15.2 Å². The molecule has 50 valence electrons. The third-order valence-electron chi connectivity index (χ3n) is 0.780. The van der Waals surface area contributed by atoms with Crippen LogP contribution in [0, 0.1) is 0 Å². The molecule has 0 saturated heterocycles. The molecule has 0 bridgehead atoms. The van der Waals surface area contributed by atoms with Crippen LogP contribution in [-0.4, -0.2) is 22.4 Å². The molecule has 0 amide bonds. The fourth-order valence-corrected chi connectivity index (χ4v) is 0.906. The van der Waals surface area contributed by atoms with Gasteiger partial charge in [-0.05, 0) is 19.2 Å². The molecule has 0 fully saturated rings. The monoisotopic (exact) mass is 136 g/mol. The Morgan fingerprint density at radius 3 is 2.38 bits per heavy atom. The average molecular weight is 136 g/mol. The van der Waals surface area contributed by atoms with Crippen LogP contribution in [-0.2, 0) is 14.0 Å². The molecule has 0 saturated carbocycles. The minimum absolute atomic E-state index is 0.514. The Bertz CT molecular complexity index is 154. The van der Waals surface area contributed by atoms with E-state index in [0.717, 1.165) is 0 Å². The van der Waals surface area contributed by atoms with Crippen LogP contribution in [0.4, 0.5) is 0 Å². The summed E-state index contributed by atoms with van der Waals surface area (Å²) in [6.07, 6.45) is 1.58. The first-order chi connectivity index (χ1) is 3.62. The number of hydrogen-bond acceptors (Lipinski definition) is 2. The smallest absolute Gasteiger partial charge is 0.0769 e. The zero-order valence-electron chi connectivity index (χ0n) is 5.51. The van der Waals surface area contributed by atoms with E-state index in [1.807, 2.05) is 6.92 Å². The highest BCUT2D eigenvalue weighted by Gasteiger charge is 1.90. The van der Waals surface area contributed by atoms with Gasteiger partial charge in [0.2, 0.25) is 0 Å². The standard InChI is InChI=1S/C5H12O2S/c1-4-7-8(3,6)5-2/h5H,4H2,1-3H3. The van der Waals surface area contributed by atoms with E-state index in [0.29, 0.717) is 6.61 Å². The summed E-state index contributed by atoms with van der Waals surface area (Å²) in [5.41, 5.74) is 0. The van der Waals surface area contributed by atoms with Crippen molar-refractivity contribution in [1.29, 1.82) is 0 Å². The molecule has 0 N–H and O–H groups in total. The van der Waals surface area contributed by atoms with E-state index in [1.165, 1.54) is 0 Å². The maximum Gasteiger partial charge on any atom is 0.0769 e. The van der Waals surface area contributed by atoms with Crippen LogP contribution >= 0.6 is 0 Å². The Morgan fingerprint density at radius 1 is 1.75 bits per heavy atom. The van der Waals surface area contributed by atoms with E-state index in [1.54, 1.807) is 18.5 Å². The van der Waals surface area contributed by atoms with Crippen molar-refractivity contribution in [1.82, 2.24) is 0 Å². The predicted octanol–water partition coefficient (Wildman–Crippen LogP) is 0.674. The first-order valence-corrected chi connectivity index (χ1v) is 4.50. The Hall–Kier alpha value is -0.0200. The second kappa shape index (κ2) is 3.10. The highest BCUT2D eigenvalue weighted by atomic mass is 32.2. The van der Waals surface area contributed by atoms with E-state index in [9.17, 15) is 4.21 Å². The number of rotatable bonds is 2. The molecule has 3 heteroatoms. The molecule has 0 aliphatic heterocycles. The highest BCUT2D eigenvalue weighted by molar-refractivity contribution is 7.96. The van der Waals surface area contributed by atoms with Gasteiger partial charge in [-0.2, -0.15) is 0 Å². The summed E-state index contributed by atoms with van der Waals surface area (Å²) in [6, 6.07) is 0. The second-order valence-corrected chi connectivity index (χ2v) is 3.84. The van der Waals surface area contributed by atoms with Crippen molar-refractivity contribution < 1.29 is 8.39 Å². The van der Waals surface area contributed by atoms with Crippen molar-refractivity contribution in [2.75, 3.05) is 12.9 Å². The van der Waals surface area contributed by atoms with E-state index >= 15 is 0 Å². The minimum Gasteiger partial charge on any atom is -0.299 e. The molecular formula is C5H12O2S. The largest absolute Gasteiger partial charge is 0.299 e. The molecule has 0 aromatic rings. The van der Waals surface area contributed by atoms with Gasteiger partial charge in [0.15, 0.2) is 0 Å². The SMILES string of the molecule is CC=S(C)(=O)OCC. The summed E-state index contributed by atoms with van der Waals surface area (Å²) in [6.45, 7) is 4.07. The minimum atomic E-state index is -2.04. The molecule has 0 aromatic carbocycles. The van der Waals surface area contributed by atoms with Gasteiger partial charge in [0.1, 0.15) is 0 Å². The van der Waals surface area contributed by atoms with Crippen LogP contribution in [0.3, 0.4) is 0 Å². The van der Waals surface area contributed by atoms with Crippen LogP contribution in [0.25, 0.3) is 0 Å². The molecular weight excluding hydrogens is 124 g/mol. The third-order valence-corrected chi connectivity index (χ3v) is 2.34. The Kier molecular flexibility index (Phi) is 3.09. The summed E-state index contributed by atoms with van der Waals surface area (Å²) < 4.78 is 15.7. The van der Waals surface area contributed by atoms with E-state index in [2.05, 4.69) is 0 Å². The van der Waals surface area contributed by atoms with Gasteiger partial charge in [0, 0.05) is 6.26 Å². The molecule has 0 spiro atoms. The van der Waals surface area contributed by atoms with Crippen molar-refractivity contribution in [2.24, 2.45) is 0 Å². The van der Waals surface area contributed by atoms with Crippen molar-refractivity contribution in [3.8, 4) is 0 Å². The Labute approximate surface area is 51.1 Å². The second-order valence-electron chi connectivity index (χ2n) is 1.47. The summed E-state index contributed by atoms with van der Waals surface area (Å²) in [5.74, 6) is 0.